The van der Waals surface area contributed by atoms with Gasteiger partial charge in [0.25, 0.3) is 0 Å². The maximum atomic E-state index is 10.2. The van der Waals surface area contributed by atoms with Crippen LogP contribution in [0.25, 0.3) is 0 Å². The highest BCUT2D eigenvalue weighted by Gasteiger charge is 2.18. The summed E-state index contributed by atoms with van der Waals surface area (Å²) in [5.41, 5.74) is -0.480. The van der Waals surface area contributed by atoms with Crippen molar-refractivity contribution in [2.45, 2.75) is 25.8 Å². The van der Waals surface area contributed by atoms with Crippen LogP contribution in [0, 0.1) is 0 Å². The molecule has 1 amide bonds. The van der Waals surface area contributed by atoms with E-state index in [0.717, 1.165) is 0 Å². The van der Waals surface area contributed by atoms with E-state index in [2.05, 4.69) is 11.9 Å². The quantitative estimate of drug-likeness (QED) is 0.589. The lowest BCUT2D eigenvalue weighted by molar-refractivity contribution is 0.185. The molecular formula is C7H13NO2. The van der Waals surface area contributed by atoms with E-state index < -0.39 is 11.6 Å². The van der Waals surface area contributed by atoms with Crippen LogP contribution in [0.1, 0.15) is 20.3 Å². The van der Waals surface area contributed by atoms with E-state index in [1.165, 1.54) is 0 Å². The Kier molecular flexibility index (Phi) is 2.93. The van der Waals surface area contributed by atoms with E-state index in [1.54, 1.807) is 13.0 Å². The molecule has 0 spiro atoms. The first-order valence-corrected chi connectivity index (χ1v) is 3.19. The van der Waals surface area contributed by atoms with Gasteiger partial charge in [-0.15, -0.1) is 6.58 Å². The van der Waals surface area contributed by atoms with Crippen molar-refractivity contribution in [3.05, 3.63) is 12.7 Å². The molecule has 58 valence electrons. The summed E-state index contributed by atoms with van der Waals surface area (Å²) in [7, 11) is 0. The molecule has 0 aromatic rings. The first kappa shape index (κ1) is 9.01. The maximum absolute atomic E-state index is 10.2. The Morgan fingerprint density at radius 2 is 2.40 bits per heavy atom. The fraction of sp³-hybridized carbons (Fsp3) is 0.571. The minimum atomic E-state index is -1.01. The number of nitrogens with one attached hydrogen (secondary N) is 1. The lowest BCUT2D eigenvalue weighted by Gasteiger charge is -2.23. The zero-order valence-electron chi connectivity index (χ0n) is 6.35. The second-order valence-electron chi connectivity index (χ2n) is 2.41. The third-order valence-electron chi connectivity index (χ3n) is 1.58. The average molecular weight is 143 g/mol. The highest BCUT2D eigenvalue weighted by molar-refractivity contribution is 5.66. The molecular weight excluding hydrogens is 130 g/mol. The molecule has 1 atom stereocenters. The Balaban J connectivity index is 4.05. The van der Waals surface area contributed by atoms with Crippen molar-refractivity contribution in [2.24, 2.45) is 0 Å². The summed E-state index contributed by atoms with van der Waals surface area (Å²) in [6, 6.07) is 0. The number of carboxylic acid groups (broad SMARTS) is 1. The predicted octanol–water partition coefficient (Wildman–Crippen LogP) is 1.61. The molecule has 1 unspecified atom stereocenters. The van der Waals surface area contributed by atoms with Crippen LogP contribution in [-0.2, 0) is 0 Å². The van der Waals surface area contributed by atoms with Crippen molar-refractivity contribution >= 4 is 6.09 Å². The molecule has 0 aliphatic heterocycles. The van der Waals surface area contributed by atoms with Crippen molar-refractivity contribution in [2.75, 3.05) is 0 Å². The Morgan fingerprint density at radius 1 is 1.90 bits per heavy atom. The third kappa shape index (κ3) is 2.53. The van der Waals surface area contributed by atoms with Gasteiger partial charge in [-0.1, -0.05) is 13.0 Å². The van der Waals surface area contributed by atoms with Crippen LogP contribution >= 0.6 is 0 Å². The molecule has 0 aliphatic rings. The number of rotatable bonds is 3. The van der Waals surface area contributed by atoms with E-state index in [9.17, 15) is 4.79 Å². The van der Waals surface area contributed by atoms with E-state index in [-0.39, 0.29) is 0 Å². The summed E-state index contributed by atoms with van der Waals surface area (Å²) in [5.74, 6) is 0. The van der Waals surface area contributed by atoms with Crippen LogP contribution in [0.2, 0.25) is 0 Å². The second-order valence-corrected chi connectivity index (χ2v) is 2.41. The van der Waals surface area contributed by atoms with Crippen LogP contribution in [0.5, 0.6) is 0 Å². The van der Waals surface area contributed by atoms with Gasteiger partial charge in [0.05, 0.1) is 5.54 Å². The first-order chi connectivity index (χ1) is 4.54. The maximum Gasteiger partial charge on any atom is 0.405 e. The molecule has 0 radical (unpaired) electrons. The molecule has 2 N–H and O–H groups in total. The zero-order chi connectivity index (χ0) is 8.20. The Morgan fingerprint density at radius 3 is 2.50 bits per heavy atom. The van der Waals surface area contributed by atoms with Gasteiger partial charge in [0.1, 0.15) is 0 Å². The summed E-state index contributed by atoms with van der Waals surface area (Å²) in [6.45, 7) is 7.22. The number of amides is 1. The van der Waals surface area contributed by atoms with Crippen LogP contribution in [0.4, 0.5) is 4.79 Å². The molecule has 0 aliphatic carbocycles. The smallest absolute Gasteiger partial charge is 0.405 e. The third-order valence-corrected chi connectivity index (χ3v) is 1.58. The summed E-state index contributed by atoms with van der Waals surface area (Å²) in [5, 5.41) is 10.7. The molecule has 0 saturated carbocycles. The normalized spacial score (nSPS) is 15.4. The molecule has 0 heterocycles. The molecule has 0 rings (SSSR count). The van der Waals surface area contributed by atoms with Gasteiger partial charge >= 0.3 is 6.09 Å². The Bertz CT molecular complexity index is 145. The molecule has 0 saturated heterocycles. The lowest BCUT2D eigenvalue weighted by Crippen LogP contribution is -2.42. The lowest BCUT2D eigenvalue weighted by atomic mass is 10.00. The standard InChI is InChI=1S/C7H13NO2/c1-4-7(3,5-2)8-6(9)10/h4,8H,1,5H2,2-3H3,(H,9,10). The number of hydrogen-bond donors (Lipinski definition) is 2. The minimum absolute atomic E-state index is 0.480. The van der Waals surface area contributed by atoms with Crippen molar-refractivity contribution < 1.29 is 9.90 Å². The summed E-state index contributed by atoms with van der Waals surface area (Å²) in [4.78, 5) is 10.2. The number of hydrogen-bond acceptors (Lipinski definition) is 1. The number of carbonyl (C=O) groups is 1. The van der Waals surface area contributed by atoms with Gasteiger partial charge in [-0.3, -0.25) is 0 Å². The van der Waals surface area contributed by atoms with Crippen LogP contribution < -0.4 is 5.32 Å². The monoisotopic (exact) mass is 143 g/mol. The van der Waals surface area contributed by atoms with Gasteiger partial charge < -0.3 is 10.4 Å². The van der Waals surface area contributed by atoms with E-state index >= 15 is 0 Å². The van der Waals surface area contributed by atoms with Crippen LogP contribution in [0.15, 0.2) is 12.7 Å². The van der Waals surface area contributed by atoms with Crippen LogP contribution in [-0.4, -0.2) is 16.7 Å². The van der Waals surface area contributed by atoms with Crippen molar-refractivity contribution in [1.82, 2.24) is 5.32 Å². The summed E-state index contributed by atoms with van der Waals surface area (Å²) < 4.78 is 0. The summed E-state index contributed by atoms with van der Waals surface area (Å²) in [6.07, 6.45) is 1.30. The Hall–Kier alpha value is -0.990. The molecule has 0 aromatic carbocycles. The minimum Gasteiger partial charge on any atom is -0.465 e. The second kappa shape index (κ2) is 3.25. The summed E-state index contributed by atoms with van der Waals surface area (Å²) >= 11 is 0. The highest BCUT2D eigenvalue weighted by atomic mass is 16.4. The molecule has 0 bridgehead atoms. The van der Waals surface area contributed by atoms with E-state index in [1.807, 2.05) is 6.92 Å². The highest BCUT2D eigenvalue weighted by Crippen LogP contribution is 2.08. The first-order valence-electron chi connectivity index (χ1n) is 3.19. The van der Waals surface area contributed by atoms with E-state index in [0.29, 0.717) is 6.42 Å². The molecule has 3 nitrogen and oxygen atoms in total. The van der Waals surface area contributed by atoms with E-state index in [4.69, 9.17) is 5.11 Å². The van der Waals surface area contributed by atoms with Gasteiger partial charge in [-0.25, -0.2) is 4.79 Å². The van der Waals surface area contributed by atoms with Crippen molar-refractivity contribution in [3.8, 4) is 0 Å². The van der Waals surface area contributed by atoms with Gasteiger partial charge in [-0.2, -0.15) is 0 Å². The molecule has 10 heavy (non-hydrogen) atoms. The molecule has 0 fully saturated rings. The fourth-order valence-electron chi connectivity index (χ4n) is 0.528. The van der Waals surface area contributed by atoms with Crippen LogP contribution in [0.3, 0.4) is 0 Å². The molecule has 0 aromatic heterocycles. The molecule has 3 heteroatoms. The van der Waals surface area contributed by atoms with Gasteiger partial charge in [-0.05, 0) is 13.3 Å². The predicted molar refractivity (Wildman–Crippen MR) is 40.1 cm³/mol. The topological polar surface area (TPSA) is 49.3 Å². The zero-order valence-corrected chi connectivity index (χ0v) is 6.35. The SMILES string of the molecule is C=CC(C)(CC)NC(=O)O. The van der Waals surface area contributed by atoms with Crippen molar-refractivity contribution in [1.29, 1.82) is 0 Å². The Labute approximate surface area is 60.7 Å². The van der Waals surface area contributed by atoms with Gasteiger partial charge in [0.2, 0.25) is 0 Å². The fourth-order valence-corrected chi connectivity index (χ4v) is 0.528. The van der Waals surface area contributed by atoms with Gasteiger partial charge in [0.15, 0.2) is 0 Å². The largest absolute Gasteiger partial charge is 0.465 e. The van der Waals surface area contributed by atoms with Gasteiger partial charge in [0, 0.05) is 0 Å². The average Bonchev–Trinajstić information content (AvgIpc) is 1.87. The van der Waals surface area contributed by atoms with Crippen molar-refractivity contribution in [3.63, 3.8) is 0 Å².